The van der Waals surface area contributed by atoms with Gasteiger partial charge >= 0.3 is 0 Å². The molecule has 0 unspecified atom stereocenters. The highest BCUT2D eigenvalue weighted by Gasteiger charge is 2.16. The Morgan fingerprint density at radius 1 is 1.15 bits per heavy atom. The summed E-state index contributed by atoms with van der Waals surface area (Å²) in [6.07, 6.45) is 2.76. The monoisotopic (exact) mass is 368 g/mol. The molecule has 4 aromatic rings. The van der Waals surface area contributed by atoms with Crippen LogP contribution in [-0.4, -0.2) is 29.9 Å². The average molecular weight is 368 g/mol. The van der Waals surface area contributed by atoms with Gasteiger partial charge < -0.3 is 4.42 Å². The maximum Gasteiger partial charge on any atom is 0.231 e. The van der Waals surface area contributed by atoms with Crippen molar-refractivity contribution >= 4 is 26.8 Å². The van der Waals surface area contributed by atoms with Crippen LogP contribution in [0.3, 0.4) is 0 Å². The molecule has 0 radical (unpaired) electrons. The quantitative estimate of drug-likeness (QED) is 0.573. The number of rotatable bonds is 4. The number of anilines is 1. The molecule has 0 bridgehead atoms. The molecule has 0 aliphatic heterocycles. The molecule has 2 N–H and O–H groups in total. The summed E-state index contributed by atoms with van der Waals surface area (Å²) in [5, 5.41) is 7.04. The van der Waals surface area contributed by atoms with Crippen molar-refractivity contribution in [1.82, 2.24) is 15.2 Å². The molecular formula is C18H16N4O3S. The number of aromatic nitrogens is 3. The number of nitrogens with one attached hydrogen (secondary N) is 2. The lowest BCUT2D eigenvalue weighted by Gasteiger charge is -2.06. The fraction of sp³-hybridized carbons (Fsp3) is 0.111. The van der Waals surface area contributed by atoms with E-state index >= 15 is 0 Å². The van der Waals surface area contributed by atoms with E-state index in [1.54, 1.807) is 24.4 Å². The van der Waals surface area contributed by atoms with Gasteiger partial charge in [-0.2, -0.15) is 5.10 Å². The van der Waals surface area contributed by atoms with E-state index in [1.807, 2.05) is 31.2 Å². The molecule has 0 aliphatic carbocycles. The molecule has 0 atom stereocenters. The first kappa shape index (κ1) is 16.3. The van der Waals surface area contributed by atoms with E-state index in [0.29, 0.717) is 28.4 Å². The summed E-state index contributed by atoms with van der Waals surface area (Å²) < 4.78 is 31.3. The Bertz CT molecular complexity index is 1210. The zero-order valence-electron chi connectivity index (χ0n) is 14.1. The number of sulfonamides is 1. The van der Waals surface area contributed by atoms with Crippen molar-refractivity contribution in [1.29, 1.82) is 0 Å². The van der Waals surface area contributed by atoms with Crippen LogP contribution in [-0.2, 0) is 10.0 Å². The van der Waals surface area contributed by atoms with Gasteiger partial charge in [0.15, 0.2) is 5.58 Å². The second kappa shape index (κ2) is 5.99. The van der Waals surface area contributed by atoms with Crippen molar-refractivity contribution in [3.8, 4) is 22.7 Å². The zero-order valence-corrected chi connectivity index (χ0v) is 15.0. The van der Waals surface area contributed by atoms with Crippen LogP contribution in [0.1, 0.15) is 5.56 Å². The van der Waals surface area contributed by atoms with Crippen molar-refractivity contribution in [2.75, 3.05) is 11.0 Å². The van der Waals surface area contributed by atoms with E-state index < -0.39 is 10.0 Å². The third-order valence-electron chi connectivity index (χ3n) is 3.87. The number of aryl methyl sites for hydroxylation is 1. The minimum absolute atomic E-state index is 0.454. The van der Waals surface area contributed by atoms with Gasteiger partial charge in [-0.3, -0.25) is 9.82 Å². The molecule has 0 spiro atoms. The van der Waals surface area contributed by atoms with Gasteiger partial charge in [-0.05, 0) is 36.8 Å². The standard InChI is InChI=1S/C18H16N4O3S/c1-11-6-7-15-16(8-11)25-18(20-15)14-10-19-21-17(14)12-4-3-5-13(9-12)22-26(2,23)24/h3-10,22H,1-2H3,(H,19,21). The molecule has 0 fully saturated rings. The SMILES string of the molecule is Cc1ccc2nc(-c3cn[nH]c3-c3cccc(NS(C)(=O)=O)c3)oc2c1. The van der Waals surface area contributed by atoms with Crippen LogP contribution in [0.4, 0.5) is 5.69 Å². The lowest BCUT2D eigenvalue weighted by molar-refractivity contribution is 0.606. The van der Waals surface area contributed by atoms with Gasteiger partial charge in [0.1, 0.15) is 5.52 Å². The minimum Gasteiger partial charge on any atom is -0.436 e. The van der Waals surface area contributed by atoms with Crippen LogP contribution in [0.25, 0.3) is 33.8 Å². The molecule has 8 heteroatoms. The Balaban J connectivity index is 1.78. The molecule has 2 heterocycles. The van der Waals surface area contributed by atoms with Gasteiger partial charge in [0.25, 0.3) is 0 Å². The third-order valence-corrected chi connectivity index (χ3v) is 4.47. The molecule has 0 aliphatic rings. The molecule has 26 heavy (non-hydrogen) atoms. The van der Waals surface area contributed by atoms with Crippen LogP contribution in [0.5, 0.6) is 0 Å². The van der Waals surface area contributed by atoms with E-state index in [9.17, 15) is 8.42 Å². The van der Waals surface area contributed by atoms with Crippen LogP contribution in [0.2, 0.25) is 0 Å². The van der Waals surface area contributed by atoms with Crippen molar-refractivity contribution in [3.05, 3.63) is 54.2 Å². The molecule has 2 aromatic heterocycles. The summed E-state index contributed by atoms with van der Waals surface area (Å²) in [6.45, 7) is 1.99. The summed E-state index contributed by atoms with van der Waals surface area (Å²) in [5.74, 6) is 0.454. The highest BCUT2D eigenvalue weighted by Crippen LogP contribution is 2.33. The first-order valence-electron chi connectivity index (χ1n) is 7.88. The van der Waals surface area contributed by atoms with Gasteiger partial charge in [-0.25, -0.2) is 13.4 Å². The normalized spacial score (nSPS) is 11.8. The summed E-state index contributed by atoms with van der Waals surface area (Å²) in [4.78, 5) is 4.53. The summed E-state index contributed by atoms with van der Waals surface area (Å²) >= 11 is 0. The second-order valence-corrected chi connectivity index (χ2v) is 7.85. The number of hydrogen-bond acceptors (Lipinski definition) is 5. The van der Waals surface area contributed by atoms with Crippen molar-refractivity contribution in [2.45, 2.75) is 6.92 Å². The van der Waals surface area contributed by atoms with Gasteiger partial charge in [-0.1, -0.05) is 18.2 Å². The van der Waals surface area contributed by atoms with E-state index in [4.69, 9.17) is 4.42 Å². The van der Waals surface area contributed by atoms with Crippen LogP contribution < -0.4 is 4.72 Å². The first-order chi connectivity index (χ1) is 12.4. The molecule has 0 saturated heterocycles. The summed E-state index contributed by atoms with van der Waals surface area (Å²) in [6, 6.07) is 12.9. The number of nitrogens with zero attached hydrogens (tertiary/aromatic N) is 2. The van der Waals surface area contributed by atoms with Gasteiger partial charge in [-0.15, -0.1) is 0 Å². The smallest absolute Gasteiger partial charge is 0.231 e. The maximum atomic E-state index is 11.5. The number of fused-ring (bicyclic) bond motifs is 1. The lowest BCUT2D eigenvalue weighted by Crippen LogP contribution is -2.09. The van der Waals surface area contributed by atoms with Crippen molar-refractivity contribution in [2.24, 2.45) is 0 Å². The van der Waals surface area contributed by atoms with Crippen molar-refractivity contribution < 1.29 is 12.8 Å². The van der Waals surface area contributed by atoms with Crippen LogP contribution in [0, 0.1) is 6.92 Å². The molecule has 2 aromatic carbocycles. The van der Waals surface area contributed by atoms with E-state index in [0.717, 1.165) is 22.9 Å². The van der Waals surface area contributed by atoms with E-state index in [-0.39, 0.29) is 0 Å². The molecule has 0 saturated carbocycles. The number of hydrogen-bond donors (Lipinski definition) is 2. The van der Waals surface area contributed by atoms with Gasteiger partial charge in [0.2, 0.25) is 15.9 Å². The highest BCUT2D eigenvalue weighted by molar-refractivity contribution is 7.92. The third kappa shape index (κ3) is 3.18. The highest BCUT2D eigenvalue weighted by atomic mass is 32.2. The van der Waals surface area contributed by atoms with Gasteiger partial charge in [0, 0.05) is 11.3 Å². The van der Waals surface area contributed by atoms with E-state index in [2.05, 4.69) is 19.9 Å². The van der Waals surface area contributed by atoms with Crippen molar-refractivity contribution in [3.63, 3.8) is 0 Å². The Hall–Kier alpha value is -3.13. The fourth-order valence-corrected chi connectivity index (χ4v) is 3.32. The Morgan fingerprint density at radius 3 is 2.81 bits per heavy atom. The van der Waals surface area contributed by atoms with Gasteiger partial charge in [0.05, 0.1) is 23.7 Å². The molecular weight excluding hydrogens is 352 g/mol. The number of aromatic amines is 1. The number of H-pyrrole nitrogens is 1. The molecule has 132 valence electrons. The van der Waals surface area contributed by atoms with Crippen LogP contribution in [0.15, 0.2) is 53.1 Å². The summed E-state index contributed by atoms with van der Waals surface area (Å²) in [5.41, 5.74) is 5.21. The Labute approximate surface area is 150 Å². The molecule has 4 rings (SSSR count). The second-order valence-electron chi connectivity index (χ2n) is 6.10. The number of benzene rings is 2. The fourth-order valence-electron chi connectivity index (χ4n) is 2.77. The largest absolute Gasteiger partial charge is 0.436 e. The Kier molecular flexibility index (Phi) is 3.77. The zero-order chi connectivity index (χ0) is 18.3. The molecule has 7 nitrogen and oxygen atoms in total. The Morgan fingerprint density at radius 2 is 2.00 bits per heavy atom. The predicted molar refractivity (Wildman–Crippen MR) is 100 cm³/mol. The maximum absolute atomic E-state index is 11.5. The number of oxazole rings is 1. The first-order valence-corrected chi connectivity index (χ1v) is 9.77. The van der Waals surface area contributed by atoms with Crippen LogP contribution >= 0.6 is 0 Å². The minimum atomic E-state index is -3.35. The van der Waals surface area contributed by atoms with E-state index in [1.165, 1.54) is 0 Å². The average Bonchev–Trinajstić information content (AvgIpc) is 3.19. The lowest BCUT2D eigenvalue weighted by atomic mass is 10.1. The topological polar surface area (TPSA) is 101 Å². The predicted octanol–water partition coefficient (Wildman–Crippen LogP) is 3.56. The summed E-state index contributed by atoms with van der Waals surface area (Å²) in [7, 11) is -3.35. The molecule has 0 amide bonds.